The number of rotatable bonds is 1. The van der Waals surface area contributed by atoms with E-state index in [4.69, 9.17) is 0 Å². The van der Waals surface area contributed by atoms with E-state index < -0.39 is 0 Å². The molecule has 1 unspecified atom stereocenters. The number of piperazine rings is 1. The van der Waals surface area contributed by atoms with Crippen molar-refractivity contribution in [2.45, 2.75) is 18.9 Å². The van der Waals surface area contributed by atoms with Crippen LogP contribution in [0.25, 0.3) is 10.2 Å². The predicted molar refractivity (Wildman–Crippen MR) is 76.4 cm³/mol. The molecule has 2 saturated heterocycles. The van der Waals surface area contributed by atoms with Gasteiger partial charge in [-0.05, 0) is 37.6 Å². The second-order valence-corrected chi connectivity index (χ2v) is 6.17. The second kappa shape index (κ2) is 4.21. The summed E-state index contributed by atoms with van der Waals surface area (Å²) in [7, 11) is 0. The lowest BCUT2D eigenvalue weighted by Gasteiger charge is -2.38. The van der Waals surface area contributed by atoms with Crippen molar-refractivity contribution in [3.05, 3.63) is 23.7 Å². The molecule has 0 aliphatic carbocycles. The molecule has 0 saturated carbocycles. The van der Waals surface area contributed by atoms with E-state index in [1.807, 2.05) is 5.51 Å². The molecule has 2 aromatic rings. The summed E-state index contributed by atoms with van der Waals surface area (Å²) in [5, 5.41) is 0. The average molecular weight is 259 g/mol. The summed E-state index contributed by atoms with van der Waals surface area (Å²) in [6.45, 7) is 4.91. The normalized spacial score (nSPS) is 24.7. The number of hydrogen-bond donors (Lipinski definition) is 0. The van der Waals surface area contributed by atoms with Gasteiger partial charge in [0.25, 0.3) is 0 Å². The van der Waals surface area contributed by atoms with E-state index in [0.29, 0.717) is 0 Å². The van der Waals surface area contributed by atoms with Gasteiger partial charge in [-0.3, -0.25) is 4.90 Å². The van der Waals surface area contributed by atoms with Crippen molar-refractivity contribution in [2.75, 3.05) is 31.1 Å². The van der Waals surface area contributed by atoms with Crippen LogP contribution in [0.1, 0.15) is 12.8 Å². The molecule has 0 N–H and O–H groups in total. The minimum Gasteiger partial charge on any atom is -0.369 e. The maximum Gasteiger partial charge on any atom is 0.0813 e. The fraction of sp³-hybridized carbons (Fsp3) is 0.500. The van der Waals surface area contributed by atoms with Crippen LogP contribution in [-0.2, 0) is 0 Å². The van der Waals surface area contributed by atoms with Crippen molar-refractivity contribution in [1.82, 2.24) is 9.88 Å². The van der Waals surface area contributed by atoms with Gasteiger partial charge in [-0.25, -0.2) is 4.98 Å². The van der Waals surface area contributed by atoms with Gasteiger partial charge in [0.2, 0.25) is 0 Å². The second-order valence-electron chi connectivity index (χ2n) is 5.28. The van der Waals surface area contributed by atoms with Gasteiger partial charge in [0.1, 0.15) is 0 Å². The Morgan fingerprint density at radius 1 is 1.22 bits per heavy atom. The summed E-state index contributed by atoms with van der Waals surface area (Å²) < 4.78 is 1.31. The summed E-state index contributed by atoms with van der Waals surface area (Å²) >= 11 is 1.74. The zero-order valence-corrected chi connectivity index (χ0v) is 11.2. The molecular weight excluding hydrogens is 242 g/mol. The fourth-order valence-corrected chi connectivity index (χ4v) is 3.98. The van der Waals surface area contributed by atoms with Crippen molar-refractivity contribution in [1.29, 1.82) is 0 Å². The number of thiazole rings is 1. The van der Waals surface area contributed by atoms with Crippen LogP contribution in [-0.4, -0.2) is 42.1 Å². The number of nitrogens with zero attached hydrogens (tertiary/aromatic N) is 3. The lowest BCUT2D eigenvalue weighted by Crippen LogP contribution is -2.50. The average Bonchev–Trinajstić information content (AvgIpc) is 3.05. The van der Waals surface area contributed by atoms with E-state index in [9.17, 15) is 0 Å². The van der Waals surface area contributed by atoms with E-state index in [2.05, 4.69) is 33.0 Å². The molecule has 18 heavy (non-hydrogen) atoms. The van der Waals surface area contributed by atoms with Crippen LogP contribution in [0.3, 0.4) is 0 Å². The minimum atomic E-state index is 0.788. The smallest absolute Gasteiger partial charge is 0.0813 e. The monoisotopic (exact) mass is 259 g/mol. The SMILES string of the molecule is c1nc2ccc(N3CCN4CCCC4C3)cc2s1. The lowest BCUT2D eigenvalue weighted by molar-refractivity contribution is 0.231. The van der Waals surface area contributed by atoms with Crippen molar-refractivity contribution >= 4 is 27.2 Å². The first kappa shape index (κ1) is 10.8. The van der Waals surface area contributed by atoms with E-state index in [1.54, 1.807) is 11.3 Å². The summed E-state index contributed by atoms with van der Waals surface area (Å²) in [6, 6.07) is 7.47. The van der Waals surface area contributed by atoms with Crippen LogP contribution in [0, 0.1) is 0 Å². The van der Waals surface area contributed by atoms with Crippen LogP contribution in [0.2, 0.25) is 0 Å². The Morgan fingerprint density at radius 3 is 3.22 bits per heavy atom. The van der Waals surface area contributed by atoms with Crippen LogP contribution >= 0.6 is 11.3 Å². The summed E-state index contributed by atoms with van der Waals surface area (Å²) in [6.07, 6.45) is 2.76. The first-order chi connectivity index (χ1) is 8.90. The van der Waals surface area contributed by atoms with E-state index in [1.165, 1.54) is 49.4 Å². The van der Waals surface area contributed by atoms with Gasteiger partial charge < -0.3 is 4.90 Å². The Morgan fingerprint density at radius 2 is 2.22 bits per heavy atom. The van der Waals surface area contributed by atoms with Gasteiger partial charge in [0.15, 0.2) is 0 Å². The molecule has 0 spiro atoms. The van der Waals surface area contributed by atoms with Gasteiger partial charge in [0, 0.05) is 31.4 Å². The molecule has 1 atom stereocenters. The number of hydrogen-bond acceptors (Lipinski definition) is 4. The number of anilines is 1. The molecular formula is C14H17N3S. The molecule has 2 aliphatic rings. The first-order valence-corrected chi connectivity index (χ1v) is 7.60. The highest BCUT2D eigenvalue weighted by Gasteiger charge is 2.30. The maximum atomic E-state index is 4.35. The highest BCUT2D eigenvalue weighted by Crippen LogP contribution is 2.28. The van der Waals surface area contributed by atoms with Gasteiger partial charge in [-0.15, -0.1) is 11.3 Å². The number of benzene rings is 1. The first-order valence-electron chi connectivity index (χ1n) is 6.72. The van der Waals surface area contributed by atoms with E-state index in [-0.39, 0.29) is 0 Å². The van der Waals surface area contributed by atoms with Crippen molar-refractivity contribution in [3.63, 3.8) is 0 Å². The molecule has 1 aromatic heterocycles. The third-order valence-electron chi connectivity index (χ3n) is 4.27. The molecule has 1 aromatic carbocycles. The largest absolute Gasteiger partial charge is 0.369 e. The topological polar surface area (TPSA) is 19.4 Å². The van der Waals surface area contributed by atoms with Crippen molar-refractivity contribution in [2.24, 2.45) is 0 Å². The standard InChI is InChI=1S/C14H17N3S/c1-2-12-9-17(7-6-16(12)5-1)11-3-4-13-14(8-11)18-10-15-13/h3-4,8,10,12H,1-2,5-7,9H2. The number of aromatic nitrogens is 1. The Balaban J connectivity index is 1.62. The molecule has 2 aliphatic heterocycles. The minimum absolute atomic E-state index is 0.788. The van der Waals surface area contributed by atoms with Gasteiger partial charge in [-0.2, -0.15) is 0 Å². The molecule has 3 nitrogen and oxygen atoms in total. The molecule has 4 heteroatoms. The number of fused-ring (bicyclic) bond motifs is 2. The third kappa shape index (κ3) is 1.71. The molecule has 2 fully saturated rings. The maximum absolute atomic E-state index is 4.35. The Bertz CT molecular complexity index is 565. The van der Waals surface area contributed by atoms with Gasteiger partial charge in [0.05, 0.1) is 15.7 Å². The Kier molecular flexibility index (Phi) is 2.52. The van der Waals surface area contributed by atoms with Crippen LogP contribution in [0.5, 0.6) is 0 Å². The Hall–Kier alpha value is -1.13. The highest BCUT2D eigenvalue weighted by atomic mass is 32.1. The van der Waals surface area contributed by atoms with Crippen molar-refractivity contribution in [3.8, 4) is 0 Å². The molecule has 3 heterocycles. The lowest BCUT2D eigenvalue weighted by atomic mass is 10.1. The predicted octanol–water partition coefficient (Wildman–Crippen LogP) is 2.58. The van der Waals surface area contributed by atoms with E-state index in [0.717, 1.165) is 11.6 Å². The molecule has 94 valence electrons. The zero-order chi connectivity index (χ0) is 11.9. The van der Waals surface area contributed by atoms with Gasteiger partial charge in [-0.1, -0.05) is 0 Å². The summed E-state index contributed by atoms with van der Waals surface area (Å²) in [4.78, 5) is 9.55. The summed E-state index contributed by atoms with van der Waals surface area (Å²) in [5.41, 5.74) is 4.44. The van der Waals surface area contributed by atoms with Crippen molar-refractivity contribution < 1.29 is 0 Å². The fourth-order valence-electron chi connectivity index (χ4n) is 3.27. The molecule has 4 rings (SSSR count). The quantitative estimate of drug-likeness (QED) is 0.784. The van der Waals surface area contributed by atoms with Crippen LogP contribution in [0.15, 0.2) is 23.7 Å². The molecule has 0 radical (unpaired) electrons. The molecule has 0 amide bonds. The van der Waals surface area contributed by atoms with Crippen LogP contribution < -0.4 is 4.90 Å². The summed E-state index contributed by atoms with van der Waals surface area (Å²) in [5.74, 6) is 0. The highest BCUT2D eigenvalue weighted by molar-refractivity contribution is 7.16. The Labute approximate surface area is 111 Å². The third-order valence-corrected chi connectivity index (χ3v) is 5.06. The zero-order valence-electron chi connectivity index (χ0n) is 10.4. The van der Waals surface area contributed by atoms with E-state index >= 15 is 0 Å². The van der Waals surface area contributed by atoms with Crippen LogP contribution in [0.4, 0.5) is 5.69 Å². The van der Waals surface area contributed by atoms with Gasteiger partial charge >= 0.3 is 0 Å². The molecule has 0 bridgehead atoms.